The molecule has 0 heterocycles. The van der Waals surface area contributed by atoms with Gasteiger partial charge in [-0.3, -0.25) is 0 Å². The van der Waals surface area contributed by atoms with Crippen molar-refractivity contribution in [2.45, 2.75) is 0 Å². The van der Waals surface area contributed by atoms with Gasteiger partial charge >= 0.3 is 0 Å². The van der Waals surface area contributed by atoms with E-state index < -0.39 is 5.82 Å². The highest BCUT2D eigenvalue weighted by Crippen LogP contribution is 2.33. The van der Waals surface area contributed by atoms with Crippen LogP contribution in [-0.2, 0) is 0 Å². The molecule has 0 radical (unpaired) electrons. The number of nitrogens with one attached hydrogen (secondary N) is 1. The number of hydrogen-bond acceptors (Lipinski definition) is 3. The second-order valence-corrected chi connectivity index (χ2v) is 5.11. The van der Waals surface area contributed by atoms with Gasteiger partial charge < -0.3 is 15.8 Å². The first-order valence-corrected chi connectivity index (χ1v) is 6.53. The van der Waals surface area contributed by atoms with Crippen LogP contribution in [0.1, 0.15) is 0 Å². The summed E-state index contributed by atoms with van der Waals surface area (Å²) in [5, 5.41) is 3.54. The molecule has 6 heteroatoms. The zero-order valence-electron chi connectivity index (χ0n) is 10.0. The van der Waals surface area contributed by atoms with Crippen molar-refractivity contribution in [2.24, 2.45) is 0 Å². The van der Waals surface area contributed by atoms with Gasteiger partial charge in [-0.25, -0.2) is 4.39 Å². The molecule has 0 aliphatic rings. The summed E-state index contributed by atoms with van der Waals surface area (Å²) < 4.78 is 19.6. The molecule has 0 atom stereocenters. The van der Waals surface area contributed by atoms with Crippen LogP contribution in [0, 0.1) is 5.82 Å². The van der Waals surface area contributed by atoms with Gasteiger partial charge in [0.1, 0.15) is 11.6 Å². The van der Waals surface area contributed by atoms with Crippen molar-refractivity contribution >= 4 is 44.6 Å². The van der Waals surface area contributed by atoms with Crippen LogP contribution in [0.3, 0.4) is 0 Å². The van der Waals surface area contributed by atoms with E-state index in [0.717, 1.165) is 4.47 Å². The smallest absolute Gasteiger partial charge is 0.148 e. The topological polar surface area (TPSA) is 47.3 Å². The monoisotopic (exact) mass is 344 g/mol. The summed E-state index contributed by atoms with van der Waals surface area (Å²) in [5.41, 5.74) is 6.84. The van der Waals surface area contributed by atoms with E-state index in [1.54, 1.807) is 18.2 Å². The lowest BCUT2D eigenvalue weighted by atomic mass is 10.2. The SMILES string of the molecule is COc1cc(Nc2ccc(Cl)cc2Br)c(F)cc1N. The maximum Gasteiger partial charge on any atom is 0.148 e. The van der Waals surface area contributed by atoms with Gasteiger partial charge in [-0.15, -0.1) is 0 Å². The van der Waals surface area contributed by atoms with Crippen molar-refractivity contribution in [1.82, 2.24) is 0 Å². The number of methoxy groups -OCH3 is 1. The summed E-state index contributed by atoms with van der Waals surface area (Å²) in [5.74, 6) is -0.0471. The Labute approximate surface area is 123 Å². The van der Waals surface area contributed by atoms with Crippen molar-refractivity contribution in [3.63, 3.8) is 0 Å². The second kappa shape index (κ2) is 5.67. The molecule has 0 spiro atoms. The van der Waals surface area contributed by atoms with Crippen LogP contribution in [-0.4, -0.2) is 7.11 Å². The Balaban J connectivity index is 2.37. The highest BCUT2D eigenvalue weighted by atomic mass is 79.9. The van der Waals surface area contributed by atoms with Gasteiger partial charge in [-0.05, 0) is 34.1 Å². The number of benzene rings is 2. The molecular formula is C13H11BrClFN2O. The van der Waals surface area contributed by atoms with E-state index >= 15 is 0 Å². The average Bonchev–Trinajstić information content (AvgIpc) is 2.35. The molecule has 0 aliphatic carbocycles. The number of rotatable bonds is 3. The lowest BCUT2D eigenvalue weighted by Crippen LogP contribution is -1.99. The maximum atomic E-state index is 13.8. The zero-order valence-corrected chi connectivity index (χ0v) is 12.3. The highest BCUT2D eigenvalue weighted by Gasteiger charge is 2.10. The molecule has 0 amide bonds. The Kier molecular flexibility index (Phi) is 4.17. The summed E-state index contributed by atoms with van der Waals surface area (Å²) in [6, 6.07) is 7.89. The van der Waals surface area contributed by atoms with Crippen molar-refractivity contribution < 1.29 is 9.13 Å². The van der Waals surface area contributed by atoms with Crippen molar-refractivity contribution in [2.75, 3.05) is 18.2 Å². The Morgan fingerprint density at radius 2 is 2.00 bits per heavy atom. The maximum absolute atomic E-state index is 13.8. The Morgan fingerprint density at radius 3 is 2.63 bits per heavy atom. The van der Waals surface area contributed by atoms with Crippen LogP contribution < -0.4 is 15.8 Å². The van der Waals surface area contributed by atoms with Crippen molar-refractivity contribution in [1.29, 1.82) is 0 Å². The van der Waals surface area contributed by atoms with Gasteiger partial charge in [0, 0.05) is 21.6 Å². The Bertz CT molecular complexity index is 622. The summed E-state index contributed by atoms with van der Waals surface area (Å²) in [4.78, 5) is 0. The number of halogens is 3. The van der Waals surface area contributed by atoms with E-state index in [1.807, 2.05) is 0 Å². The van der Waals surface area contributed by atoms with Crippen molar-refractivity contribution in [3.05, 3.63) is 45.6 Å². The van der Waals surface area contributed by atoms with Gasteiger partial charge in [0.05, 0.1) is 24.2 Å². The first-order valence-electron chi connectivity index (χ1n) is 5.36. The molecule has 0 bridgehead atoms. The predicted octanol–water partition coefficient (Wildman–Crippen LogP) is 4.58. The molecule has 100 valence electrons. The molecule has 0 saturated carbocycles. The van der Waals surface area contributed by atoms with Crippen molar-refractivity contribution in [3.8, 4) is 5.75 Å². The van der Waals surface area contributed by atoms with E-state index in [-0.39, 0.29) is 11.4 Å². The molecule has 0 aromatic heterocycles. The number of nitrogen functional groups attached to an aromatic ring is 1. The predicted molar refractivity (Wildman–Crippen MR) is 79.8 cm³/mol. The van der Waals surface area contributed by atoms with Crippen LogP contribution in [0.5, 0.6) is 5.75 Å². The standard InChI is InChI=1S/C13H11BrClFN2O/c1-19-13-6-12(9(16)5-10(13)17)18-11-3-2-7(15)4-8(11)14/h2-6,18H,17H2,1H3. The minimum absolute atomic E-state index is 0.251. The number of anilines is 3. The van der Waals surface area contributed by atoms with Gasteiger partial charge in [0.25, 0.3) is 0 Å². The minimum atomic E-state index is -0.458. The third-order valence-electron chi connectivity index (χ3n) is 2.52. The van der Waals surface area contributed by atoms with E-state index in [4.69, 9.17) is 22.1 Å². The quantitative estimate of drug-likeness (QED) is 0.801. The number of hydrogen-bond donors (Lipinski definition) is 2. The van der Waals surface area contributed by atoms with Gasteiger partial charge in [-0.1, -0.05) is 11.6 Å². The lowest BCUT2D eigenvalue weighted by Gasteiger charge is -2.12. The fourth-order valence-electron chi connectivity index (χ4n) is 1.58. The summed E-state index contributed by atoms with van der Waals surface area (Å²) in [6.45, 7) is 0. The second-order valence-electron chi connectivity index (χ2n) is 3.82. The first kappa shape index (κ1) is 14.0. The molecule has 3 nitrogen and oxygen atoms in total. The lowest BCUT2D eigenvalue weighted by molar-refractivity contribution is 0.416. The Morgan fingerprint density at radius 1 is 1.26 bits per heavy atom. The van der Waals surface area contributed by atoms with Gasteiger partial charge in [-0.2, -0.15) is 0 Å². The number of ether oxygens (including phenoxy) is 1. The van der Waals surface area contributed by atoms with Gasteiger partial charge in [0.15, 0.2) is 0 Å². The third-order valence-corrected chi connectivity index (χ3v) is 3.41. The van der Waals surface area contributed by atoms with Crippen LogP contribution in [0.4, 0.5) is 21.5 Å². The molecule has 2 aromatic carbocycles. The van der Waals surface area contributed by atoms with Crippen LogP contribution in [0.2, 0.25) is 5.02 Å². The van der Waals surface area contributed by atoms with Crippen LogP contribution >= 0.6 is 27.5 Å². The summed E-state index contributed by atoms with van der Waals surface area (Å²) in [6.07, 6.45) is 0. The minimum Gasteiger partial charge on any atom is -0.495 e. The Hall–Kier alpha value is -1.46. The van der Waals surface area contributed by atoms with Crippen LogP contribution in [0.25, 0.3) is 0 Å². The summed E-state index contributed by atoms with van der Waals surface area (Å²) in [7, 11) is 1.48. The average molecular weight is 346 g/mol. The zero-order chi connectivity index (χ0) is 14.0. The first-order chi connectivity index (χ1) is 9.01. The van der Waals surface area contributed by atoms with E-state index in [2.05, 4.69) is 21.2 Å². The number of nitrogens with two attached hydrogens (primary N) is 1. The molecule has 2 aromatic rings. The fourth-order valence-corrected chi connectivity index (χ4v) is 2.36. The fraction of sp³-hybridized carbons (Fsp3) is 0.0769. The molecule has 0 aliphatic heterocycles. The van der Waals surface area contributed by atoms with Gasteiger partial charge in [0.2, 0.25) is 0 Å². The van der Waals surface area contributed by atoms with Crippen LogP contribution in [0.15, 0.2) is 34.8 Å². The molecule has 19 heavy (non-hydrogen) atoms. The molecule has 0 fully saturated rings. The molecule has 0 unspecified atom stereocenters. The third kappa shape index (κ3) is 3.11. The molecule has 2 rings (SSSR count). The molecular weight excluding hydrogens is 335 g/mol. The van der Waals surface area contributed by atoms with E-state index in [9.17, 15) is 4.39 Å². The summed E-state index contributed by atoms with van der Waals surface area (Å²) >= 11 is 9.21. The van der Waals surface area contributed by atoms with E-state index in [0.29, 0.717) is 16.5 Å². The molecule has 0 saturated heterocycles. The molecule has 3 N–H and O–H groups in total. The highest BCUT2D eigenvalue weighted by molar-refractivity contribution is 9.10. The van der Waals surface area contributed by atoms with E-state index in [1.165, 1.54) is 19.2 Å². The largest absolute Gasteiger partial charge is 0.495 e. The normalized spacial score (nSPS) is 10.3.